The number of nitrogens with zero attached hydrogens (tertiary/aromatic N) is 2. The van der Waals surface area contributed by atoms with Crippen LogP contribution in [0.25, 0.3) is 0 Å². The van der Waals surface area contributed by atoms with E-state index in [0.717, 1.165) is 18.4 Å². The fourth-order valence-electron chi connectivity index (χ4n) is 2.30. The van der Waals surface area contributed by atoms with Crippen molar-refractivity contribution in [3.8, 4) is 6.07 Å². The van der Waals surface area contributed by atoms with E-state index in [4.69, 9.17) is 5.26 Å². The first kappa shape index (κ1) is 15.0. The molecule has 5 heteroatoms. The Morgan fingerprint density at radius 2 is 2.15 bits per heavy atom. The second-order valence-electron chi connectivity index (χ2n) is 5.69. The Labute approximate surface area is 120 Å². The molecule has 1 fully saturated rings. The van der Waals surface area contributed by atoms with Gasteiger partial charge in [0, 0.05) is 13.1 Å². The number of sulfone groups is 1. The zero-order valence-corrected chi connectivity index (χ0v) is 12.7. The molecular weight excluding hydrogens is 272 g/mol. The molecule has 0 radical (unpaired) electrons. The van der Waals surface area contributed by atoms with Crippen molar-refractivity contribution < 1.29 is 8.42 Å². The molecule has 0 aliphatic heterocycles. The Morgan fingerprint density at radius 1 is 1.45 bits per heavy atom. The van der Waals surface area contributed by atoms with Crippen LogP contribution in [-0.2, 0) is 9.84 Å². The molecule has 2 atom stereocenters. The standard InChI is InChI=1S/C15H20N2O2S/c1-12-8-14(12)11-17(2)6-7-20(18,19)15-5-3-4-13(9-15)10-16/h3-5,9,12,14H,6-8,11H2,1-2H3. The summed E-state index contributed by atoms with van der Waals surface area (Å²) in [4.78, 5) is 2.32. The Balaban J connectivity index is 1.94. The van der Waals surface area contributed by atoms with E-state index in [9.17, 15) is 8.42 Å². The highest BCUT2D eigenvalue weighted by molar-refractivity contribution is 7.91. The van der Waals surface area contributed by atoms with Crippen molar-refractivity contribution in [1.82, 2.24) is 4.90 Å². The van der Waals surface area contributed by atoms with E-state index in [1.54, 1.807) is 18.2 Å². The molecule has 2 rings (SSSR count). The molecule has 4 nitrogen and oxygen atoms in total. The van der Waals surface area contributed by atoms with Gasteiger partial charge in [-0.3, -0.25) is 0 Å². The van der Waals surface area contributed by atoms with Gasteiger partial charge < -0.3 is 4.90 Å². The molecular formula is C15H20N2O2S. The highest BCUT2D eigenvalue weighted by atomic mass is 32.2. The zero-order chi connectivity index (χ0) is 14.8. The molecule has 20 heavy (non-hydrogen) atoms. The molecule has 1 aromatic carbocycles. The highest BCUT2D eigenvalue weighted by Gasteiger charge is 2.33. The first-order valence-electron chi connectivity index (χ1n) is 6.84. The van der Waals surface area contributed by atoms with E-state index < -0.39 is 9.84 Å². The van der Waals surface area contributed by atoms with Gasteiger partial charge in [-0.05, 0) is 43.5 Å². The van der Waals surface area contributed by atoms with E-state index in [2.05, 4.69) is 11.8 Å². The third kappa shape index (κ3) is 3.81. The fraction of sp³-hybridized carbons (Fsp3) is 0.533. The lowest BCUT2D eigenvalue weighted by molar-refractivity contribution is 0.332. The maximum atomic E-state index is 12.2. The van der Waals surface area contributed by atoms with Crippen molar-refractivity contribution in [1.29, 1.82) is 5.26 Å². The van der Waals surface area contributed by atoms with Gasteiger partial charge in [0.1, 0.15) is 0 Å². The minimum absolute atomic E-state index is 0.0967. The largest absolute Gasteiger partial charge is 0.305 e. The Bertz CT molecular complexity index is 619. The van der Waals surface area contributed by atoms with Crippen molar-refractivity contribution in [2.75, 3.05) is 25.9 Å². The van der Waals surface area contributed by atoms with Gasteiger partial charge in [0.2, 0.25) is 0 Å². The number of hydrogen-bond donors (Lipinski definition) is 0. The smallest absolute Gasteiger partial charge is 0.179 e. The van der Waals surface area contributed by atoms with Gasteiger partial charge in [0.15, 0.2) is 9.84 Å². The lowest BCUT2D eigenvalue weighted by Crippen LogP contribution is -2.27. The summed E-state index contributed by atoms with van der Waals surface area (Å²) in [6.45, 7) is 3.72. The topological polar surface area (TPSA) is 61.2 Å². The minimum atomic E-state index is -3.31. The van der Waals surface area contributed by atoms with E-state index in [-0.39, 0.29) is 10.6 Å². The predicted octanol–water partition coefficient (Wildman–Crippen LogP) is 1.92. The molecule has 0 amide bonds. The van der Waals surface area contributed by atoms with Crippen LogP contribution in [0.1, 0.15) is 18.9 Å². The van der Waals surface area contributed by atoms with Gasteiger partial charge >= 0.3 is 0 Å². The van der Waals surface area contributed by atoms with Crippen LogP contribution < -0.4 is 0 Å². The quantitative estimate of drug-likeness (QED) is 0.803. The van der Waals surface area contributed by atoms with Gasteiger partial charge in [0.25, 0.3) is 0 Å². The van der Waals surface area contributed by atoms with E-state index in [1.165, 1.54) is 12.5 Å². The number of benzene rings is 1. The predicted molar refractivity (Wildman–Crippen MR) is 78.0 cm³/mol. The summed E-state index contributed by atoms with van der Waals surface area (Å²) < 4.78 is 24.5. The summed E-state index contributed by atoms with van der Waals surface area (Å²) in [6, 6.07) is 8.19. The number of rotatable bonds is 6. The molecule has 1 aliphatic carbocycles. The Kier molecular flexibility index (Phi) is 4.46. The average molecular weight is 292 g/mol. The lowest BCUT2D eigenvalue weighted by Gasteiger charge is -2.16. The monoisotopic (exact) mass is 292 g/mol. The molecule has 0 saturated heterocycles. The molecule has 0 spiro atoms. The van der Waals surface area contributed by atoms with Crippen molar-refractivity contribution in [3.05, 3.63) is 29.8 Å². The first-order chi connectivity index (χ1) is 9.42. The van der Waals surface area contributed by atoms with Crippen LogP contribution in [0.3, 0.4) is 0 Å². The van der Waals surface area contributed by atoms with Crippen LogP contribution in [-0.4, -0.2) is 39.2 Å². The van der Waals surface area contributed by atoms with Crippen LogP contribution in [0.2, 0.25) is 0 Å². The van der Waals surface area contributed by atoms with Gasteiger partial charge in [0.05, 0.1) is 22.3 Å². The zero-order valence-electron chi connectivity index (χ0n) is 11.9. The van der Waals surface area contributed by atoms with Crippen LogP contribution in [0.5, 0.6) is 0 Å². The van der Waals surface area contributed by atoms with Crippen molar-refractivity contribution >= 4 is 9.84 Å². The molecule has 0 aromatic heterocycles. The Hall–Kier alpha value is -1.38. The first-order valence-corrected chi connectivity index (χ1v) is 8.49. The van der Waals surface area contributed by atoms with E-state index >= 15 is 0 Å². The SMILES string of the molecule is CC1CC1CN(C)CCS(=O)(=O)c1cccc(C#N)c1. The normalized spacial score (nSPS) is 21.7. The number of nitriles is 1. The second kappa shape index (κ2) is 5.94. The van der Waals surface area contributed by atoms with Crippen molar-refractivity contribution in [2.45, 2.75) is 18.2 Å². The maximum absolute atomic E-state index is 12.2. The third-order valence-electron chi connectivity index (χ3n) is 3.89. The molecule has 2 unspecified atom stereocenters. The summed E-state index contributed by atoms with van der Waals surface area (Å²) >= 11 is 0. The summed E-state index contributed by atoms with van der Waals surface area (Å²) in [7, 11) is -1.35. The molecule has 0 bridgehead atoms. The molecule has 1 aromatic rings. The molecule has 1 aliphatic rings. The van der Waals surface area contributed by atoms with Crippen LogP contribution in [0, 0.1) is 23.2 Å². The van der Waals surface area contributed by atoms with Gasteiger partial charge in [-0.2, -0.15) is 5.26 Å². The summed E-state index contributed by atoms with van der Waals surface area (Å²) in [5.41, 5.74) is 0.381. The maximum Gasteiger partial charge on any atom is 0.179 e. The summed E-state index contributed by atoms with van der Waals surface area (Å²) in [5, 5.41) is 8.82. The number of hydrogen-bond acceptors (Lipinski definition) is 4. The van der Waals surface area contributed by atoms with E-state index in [1.807, 2.05) is 13.1 Å². The van der Waals surface area contributed by atoms with Crippen molar-refractivity contribution in [2.24, 2.45) is 11.8 Å². The van der Waals surface area contributed by atoms with Crippen LogP contribution in [0.15, 0.2) is 29.2 Å². The Morgan fingerprint density at radius 3 is 2.75 bits per heavy atom. The molecule has 1 saturated carbocycles. The highest BCUT2D eigenvalue weighted by Crippen LogP contribution is 2.37. The van der Waals surface area contributed by atoms with Crippen molar-refractivity contribution in [3.63, 3.8) is 0 Å². The second-order valence-corrected chi connectivity index (χ2v) is 7.80. The van der Waals surface area contributed by atoms with E-state index in [0.29, 0.717) is 12.1 Å². The summed E-state index contributed by atoms with van der Waals surface area (Å²) in [5.74, 6) is 1.60. The lowest BCUT2D eigenvalue weighted by atomic mass is 10.2. The summed E-state index contributed by atoms with van der Waals surface area (Å²) in [6.07, 6.45) is 1.25. The van der Waals surface area contributed by atoms with Gasteiger partial charge in [-0.15, -0.1) is 0 Å². The van der Waals surface area contributed by atoms with Gasteiger partial charge in [-0.1, -0.05) is 13.0 Å². The minimum Gasteiger partial charge on any atom is -0.305 e. The van der Waals surface area contributed by atoms with Gasteiger partial charge in [-0.25, -0.2) is 8.42 Å². The molecule has 0 heterocycles. The molecule has 108 valence electrons. The average Bonchev–Trinajstić information content (AvgIpc) is 3.12. The van der Waals surface area contributed by atoms with Crippen LogP contribution in [0.4, 0.5) is 0 Å². The van der Waals surface area contributed by atoms with Crippen LogP contribution >= 0.6 is 0 Å². The fourth-order valence-corrected chi connectivity index (χ4v) is 3.68. The molecule has 0 N–H and O–H groups in total. The third-order valence-corrected chi connectivity index (χ3v) is 5.58.